The number of anilines is 2. The van der Waals surface area contributed by atoms with Gasteiger partial charge in [0.15, 0.2) is 0 Å². The first-order chi connectivity index (χ1) is 11.9. The van der Waals surface area contributed by atoms with Crippen molar-refractivity contribution in [2.75, 3.05) is 50.1 Å². The molecule has 1 aliphatic rings. The van der Waals surface area contributed by atoms with Crippen LogP contribution in [-0.2, 0) is 6.54 Å². The van der Waals surface area contributed by atoms with Gasteiger partial charge >= 0.3 is 0 Å². The van der Waals surface area contributed by atoms with Crippen LogP contribution in [0.4, 0.5) is 11.9 Å². The van der Waals surface area contributed by atoms with Gasteiger partial charge in [0.1, 0.15) is 5.82 Å². The number of hydrogen-bond acceptors (Lipinski definition) is 8. The highest BCUT2D eigenvalue weighted by atomic mass is 32.1. The fraction of sp³-hybridized carbons (Fsp3) is 0.647. The van der Waals surface area contributed by atoms with Crippen LogP contribution in [0, 0.1) is 6.92 Å². The van der Waals surface area contributed by atoms with Gasteiger partial charge in [0.2, 0.25) is 11.9 Å². The summed E-state index contributed by atoms with van der Waals surface area (Å²) in [5.74, 6) is 2.67. The first-order valence-corrected chi connectivity index (χ1v) is 9.62. The van der Waals surface area contributed by atoms with Gasteiger partial charge in [0.25, 0.3) is 0 Å². The van der Waals surface area contributed by atoms with Crippen LogP contribution in [-0.4, -0.2) is 65.1 Å². The lowest BCUT2D eigenvalue weighted by Gasteiger charge is -2.34. The summed E-state index contributed by atoms with van der Waals surface area (Å²) in [5.41, 5.74) is 1.17. The van der Waals surface area contributed by atoms with Crippen molar-refractivity contribution >= 4 is 23.2 Å². The highest BCUT2D eigenvalue weighted by Crippen LogP contribution is 2.19. The van der Waals surface area contributed by atoms with Crippen LogP contribution in [0.15, 0.2) is 5.38 Å². The molecule has 8 heteroatoms. The van der Waals surface area contributed by atoms with Gasteiger partial charge in [-0.05, 0) is 6.92 Å². The van der Waals surface area contributed by atoms with Gasteiger partial charge in [-0.3, -0.25) is 4.90 Å². The zero-order chi connectivity index (χ0) is 18.0. The highest BCUT2D eigenvalue weighted by Gasteiger charge is 2.22. The number of piperazine rings is 1. The molecule has 0 aliphatic carbocycles. The number of rotatable bonds is 5. The number of nitrogens with zero attached hydrogens (tertiary/aromatic N) is 7. The standard InChI is InChI=1S/C17H27N7S/c1-12(2)15-19-16(22(4)5)21-17(20-15)24-8-6-23(7-9-24)10-14-11-25-13(3)18-14/h11-12H,6-10H2,1-5H3. The Morgan fingerprint density at radius 1 is 1.08 bits per heavy atom. The van der Waals surface area contributed by atoms with E-state index in [4.69, 9.17) is 4.98 Å². The van der Waals surface area contributed by atoms with Crippen LogP contribution in [0.2, 0.25) is 0 Å². The summed E-state index contributed by atoms with van der Waals surface area (Å²) in [6.45, 7) is 11.1. The van der Waals surface area contributed by atoms with E-state index in [0.29, 0.717) is 0 Å². The third kappa shape index (κ3) is 4.43. The average Bonchev–Trinajstić information content (AvgIpc) is 3.00. The second-order valence-electron chi connectivity index (χ2n) is 6.96. The number of aromatic nitrogens is 4. The monoisotopic (exact) mass is 361 g/mol. The Hall–Kier alpha value is -1.80. The average molecular weight is 362 g/mol. The SMILES string of the molecule is Cc1nc(CN2CCN(c3nc(C(C)C)nc(N(C)C)n3)CC2)cs1. The number of hydrogen-bond donors (Lipinski definition) is 0. The maximum Gasteiger partial charge on any atom is 0.230 e. The van der Waals surface area contributed by atoms with Gasteiger partial charge < -0.3 is 9.80 Å². The smallest absolute Gasteiger partial charge is 0.230 e. The molecule has 0 N–H and O–H groups in total. The third-order valence-electron chi connectivity index (χ3n) is 4.25. The molecule has 0 amide bonds. The molecule has 0 atom stereocenters. The molecule has 0 radical (unpaired) electrons. The molecule has 2 aromatic rings. The zero-order valence-electron chi connectivity index (χ0n) is 15.7. The maximum atomic E-state index is 4.70. The minimum Gasteiger partial charge on any atom is -0.347 e. The van der Waals surface area contributed by atoms with Crippen LogP contribution in [0.3, 0.4) is 0 Å². The highest BCUT2D eigenvalue weighted by molar-refractivity contribution is 7.09. The molecule has 3 heterocycles. The molecule has 136 valence electrons. The van der Waals surface area contributed by atoms with E-state index in [-0.39, 0.29) is 5.92 Å². The predicted molar refractivity (Wildman–Crippen MR) is 103 cm³/mol. The van der Waals surface area contributed by atoms with E-state index in [2.05, 4.69) is 50.9 Å². The summed E-state index contributed by atoms with van der Waals surface area (Å²) >= 11 is 1.72. The molecule has 0 saturated carbocycles. The van der Waals surface area contributed by atoms with Gasteiger partial charge in [0, 0.05) is 58.1 Å². The van der Waals surface area contributed by atoms with Crippen molar-refractivity contribution in [3.05, 3.63) is 21.9 Å². The molecule has 2 aromatic heterocycles. The first kappa shape index (κ1) is 18.0. The van der Waals surface area contributed by atoms with Crippen molar-refractivity contribution in [1.82, 2.24) is 24.8 Å². The lowest BCUT2D eigenvalue weighted by Crippen LogP contribution is -2.46. The Labute approximate surface area is 153 Å². The van der Waals surface area contributed by atoms with Crippen molar-refractivity contribution in [3.63, 3.8) is 0 Å². The van der Waals surface area contributed by atoms with Crippen LogP contribution in [0.25, 0.3) is 0 Å². The minimum absolute atomic E-state index is 0.287. The van der Waals surface area contributed by atoms with E-state index >= 15 is 0 Å². The van der Waals surface area contributed by atoms with E-state index in [1.54, 1.807) is 11.3 Å². The van der Waals surface area contributed by atoms with Crippen molar-refractivity contribution in [1.29, 1.82) is 0 Å². The Balaban J connectivity index is 1.67. The van der Waals surface area contributed by atoms with E-state index in [1.807, 2.05) is 19.0 Å². The maximum absolute atomic E-state index is 4.70. The predicted octanol–water partition coefficient (Wildman–Crippen LogP) is 2.15. The van der Waals surface area contributed by atoms with Gasteiger partial charge in [0.05, 0.1) is 10.7 Å². The lowest BCUT2D eigenvalue weighted by atomic mass is 10.2. The molecule has 25 heavy (non-hydrogen) atoms. The minimum atomic E-state index is 0.287. The first-order valence-electron chi connectivity index (χ1n) is 8.74. The lowest BCUT2D eigenvalue weighted by molar-refractivity contribution is 0.246. The Bertz CT molecular complexity index is 679. The number of thiazole rings is 1. The van der Waals surface area contributed by atoms with Gasteiger partial charge in [-0.15, -0.1) is 11.3 Å². The molecule has 0 unspecified atom stereocenters. The molecule has 7 nitrogen and oxygen atoms in total. The number of aryl methyl sites for hydroxylation is 1. The fourth-order valence-electron chi connectivity index (χ4n) is 2.78. The molecule has 1 fully saturated rings. The summed E-state index contributed by atoms with van der Waals surface area (Å²) in [4.78, 5) is 25.1. The molecule has 0 spiro atoms. The van der Waals surface area contributed by atoms with Crippen molar-refractivity contribution in [2.45, 2.75) is 33.2 Å². The zero-order valence-corrected chi connectivity index (χ0v) is 16.5. The third-order valence-corrected chi connectivity index (χ3v) is 5.08. The largest absolute Gasteiger partial charge is 0.347 e. The van der Waals surface area contributed by atoms with E-state index in [1.165, 1.54) is 5.69 Å². The Kier molecular flexibility index (Phi) is 5.48. The summed E-state index contributed by atoms with van der Waals surface area (Å²) in [6.07, 6.45) is 0. The Morgan fingerprint density at radius 3 is 2.36 bits per heavy atom. The summed E-state index contributed by atoms with van der Waals surface area (Å²) in [6, 6.07) is 0. The molecule has 0 aromatic carbocycles. The summed E-state index contributed by atoms with van der Waals surface area (Å²) < 4.78 is 0. The fourth-order valence-corrected chi connectivity index (χ4v) is 3.39. The summed E-state index contributed by atoms with van der Waals surface area (Å²) in [7, 11) is 3.94. The van der Waals surface area contributed by atoms with E-state index in [0.717, 1.165) is 55.5 Å². The molecular formula is C17H27N7S. The molecule has 0 bridgehead atoms. The van der Waals surface area contributed by atoms with Crippen LogP contribution in [0.5, 0.6) is 0 Å². The topological polar surface area (TPSA) is 61.3 Å². The van der Waals surface area contributed by atoms with Gasteiger partial charge in [-0.25, -0.2) is 4.98 Å². The Morgan fingerprint density at radius 2 is 1.80 bits per heavy atom. The molecule has 1 aliphatic heterocycles. The van der Waals surface area contributed by atoms with Crippen LogP contribution >= 0.6 is 11.3 Å². The van der Waals surface area contributed by atoms with Gasteiger partial charge in [-0.2, -0.15) is 15.0 Å². The van der Waals surface area contributed by atoms with Crippen molar-refractivity contribution in [2.24, 2.45) is 0 Å². The quantitative estimate of drug-likeness (QED) is 0.808. The van der Waals surface area contributed by atoms with Crippen molar-refractivity contribution < 1.29 is 0 Å². The second-order valence-corrected chi connectivity index (χ2v) is 8.03. The summed E-state index contributed by atoms with van der Waals surface area (Å²) in [5, 5.41) is 3.29. The normalized spacial score (nSPS) is 15.8. The van der Waals surface area contributed by atoms with Crippen LogP contribution < -0.4 is 9.80 Å². The van der Waals surface area contributed by atoms with E-state index in [9.17, 15) is 0 Å². The van der Waals surface area contributed by atoms with Crippen LogP contribution in [0.1, 0.15) is 36.3 Å². The second kappa shape index (κ2) is 7.61. The van der Waals surface area contributed by atoms with Crippen molar-refractivity contribution in [3.8, 4) is 0 Å². The van der Waals surface area contributed by atoms with Gasteiger partial charge in [-0.1, -0.05) is 13.8 Å². The molecular weight excluding hydrogens is 334 g/mol. The van der Waals surface area contributed by atoms with E-state index < -0.39 is 0 Å². The molecule has 1 saturated heterocycles. The molecule has 3 rings (SSSR count).